The number of methoxy groups -OCH3 is 1. The third-order valence-corrected chi connectivity index (χ3v) is 1.29. The van der Waals surface area contributed by atoms with E-state index in [9.17, 15) is 0 Å². The molecule has 10 heavy (non-hydrogen) atoms. The van der Waals surface area contributed by atoms with Gasteiger partial charge in [-0.15, -0.1) is 0 Å². The van der Waals surface area contributed by atoms with Crippen LogP contribution in [0.25, 0.3) is 0 Å². The first-order chi connectivity index (χ1) is 4.74. The number of rotatable bonds is 2. The van der Waals surface area contributed by atoms with Crippen molar-refractivity contribution >= 4 is 11.6 Å². The molecule has 1 aromatic heterocycles. The van der Waals surface area contributed by atoms with Crippen molar-refractivity contribution in [3.63, 3.8) is 0 Å². The molecular formula is C5H7ClN2O2. The molecule has 0 radical (unpaired) electrons. The van der Waals surface area contributed by atoms with Gasteiger partial charge in [-0.3, -0.25) is 0 Å². The van der Waals surface area contributed by atoms with Crippen molar-refractivity contribution in [3.8, 4) is 0 Å². The first-order valence-electron chi connectivity index (χ1n) is 2.76. The van der Waals surface area contributed by atoms with E-state index in [4.69, 9.17) is 16.3 Å². The zero-order valence-corrected chi connectivity index (χ0v) is 6.42. The molecule has 0 spiro atoms. The molecule has 0 saturated heterocycles. The first-order valence-corrected chi connectivity index (χ1v) is 3.13. The maximum absolute atomic E-state index is 5.37. The smallest absolute Gasteiger partial charge is 0.320 e. The van der Waals surface area contributed by atoms with Crippen LogP contribution in [-0.4, -0.2) is 17.3 Å². The molecule has 1 atom stereocenters. The molecule has 0 N–H and O–H groups in total. The van der Waals surface area contributed by atoms with Crippen molar-refractivity contribution in [3.05, 3.63) is 11.2 Å². The Bertz CT molecular complexity index is 213. The van der Waals surface area contributed by atoms with Gasteiger partial charge in [0.1, 0.15) is 6.10 Å². The largest absolute Gasteiger partial charge is 0.374 e. The predicted octanol–water partition coefficient (Wildman–Crippen LogP) is 1.43. The molecule has 1 heterocycles. The van der Waals surface area contributed by atoms with Crippen LogP contribution >= 0.6 is 11.6 Å². The molecular weight excluding hydrogens is 156 g/mol. The summed E-state index contributed by atoms with van der Waals surface area (Å²) in [7, 11) is 1.56. The Morgan fingerprint density at radius 3 is 2.80 bits per heavy atom. The van der Waals surface area contributed by atoms with Crippen LogP contribution < -0.4 is 0 Å². The average Bonchev–Trinajstić information content (AvgIpc) is 2.34. The van der Waals surface area contributed by atoms with E-state index >= 15 is 0 Å². The summed E-state index contributed by atoms with van der Waals surface area (Å²) >= 11 is 5.37. The predicted molar refractivity (Wildman–Crippen MR) is 34.7 cm³/mol. The summed E-state index contributed by atoms with van der Waals surface area (Å²) in [5, 5.41) is 3.58. The van der Waals surface area contributed by atoms with Gasteiger partial charge >= 0.3 is 5.35 Å². The lowest BCUT2D eigenvalue weighted by Gasteiger charge is -2.00. The van der Waals surface area contributed by atoms with Crippen LogP contribution in [0.4, 0.5) is 0 Å². The molecule has 0 saturated carbocycles. The Morgan fingerprint density at radius 2 is 2.40 bits per heavy atom. The Balaban J connectivity index is 2.74. The van der Waals surface area contributed by atoms with Gasteiger partial charge in [0.15, 0.2) is 0 Å². The zero-order chi connectivity index (χ0) is 7.56. The maximum atomic E-state index is 5.37. The van der Waals surface area contributed by atoms with Crippen molar-refractivity contribution in [2.24, 2.45) is 0 Å². The third kappa shape index (κ3) is 1.46. The van der Waals surface area contributed by atoms with Crippen LogP contribution in [0.3, 0.4) is 0 Å². The molecule has 56 valence electrons. The van der Waals surface area contributed by atoms with Gasteiger partial charge in [0.2, 0.25) is 5.82 Å². The van der Waals surface area contributed by atoms with Gasteiger partial charge in [0.25, 0.3) is 0 Å². The fraction of sp³-hybridized carbons (Fsp3) is 0.600. The van der Waals surface area contributed by atoms with Gasteiger partial charge in [0.05, 0.1) is 0 Å². The summed E-state index contributed by atoms with van der Waals surface area (Å²) in [5.41, 5.74) is 0. The van der Waals surface area contributed by atoms with E-state index in [2.05, 4.69) is 14.7 Å². The minimum absolute atomic E-state index is 0.0406. The third-order valence-electron chi connectivity index (χ3n) is 1.13. The van der Waals surface area contributed by atoms with E-state index in [1.807, 2.05) is 0 Å². The van der Waals surface area contributed by atoms with Gasteiger partial charge in [-0.1, -0.05) is 5.16 Å². The van der Waals surface area contributed by atoms with Gasteiger partial charge in [-0.2, -0.15) is 4.98 Å². The molecule has 1 aromatic rings. The number of halogens is 1. The molecule has 0 bridgehead atoms. The first kappa shape index (κ1) is 7.50. The molecule has 0 aliphatic heterocycles. The normalized spacial score (nSPS) is 13.5. The summed E-state index contributed by atoms with van der Waals surface area (Å²) in [5.74, 6) is 0.465. The van der Waals surface area contributed by atoms with E-state index < -0.39 is 0 Å². The summed E-state index contributed by atoms with van der Waals surface area (Å²) < 4.78 is 9.42. The highest BCUT2D eigenvalue weighted by Crippen LogP contribution is 2.13. The molecule has 0 aromatic carbocycles. The average molecular weight is 163 g/mol. The Labute approximate surface area is 63.1 Å². The topological polar surface area (TPSA) is 48.2 Å². The van der Waals surface area contributed by atoms with Crippen molar-refractivity contribution in [2.45, 2.75) is 13.0 Å². The Morgan fingerprint density at radius 1 is 1.70 bits per heavy atom. The van der Waals surface area contributed by atoms with Gasteiger partial charge in [-0.05, 0) is 18.5 Å². The fourth-order valence-corrected chi connectivity index (χ4v) is 0.607. The second-order valence-electron chi connectivity index (χ2n) is 1.78. The number of ether oxygens (including phenoxy) is 1. The molecule has 1 rings (SSSR count). The molecule has 0 aliphatic carbocycles. The van der Waals surface area contributed by atoms with Crippen LogP contribution in [0, 0.1) is 0 Å². The van der Waals surface area contributed by atoms with Gasteiger partial charge < -0.3 is 9.26 Å². The van der Waals surface area contributed by atoms with Crippen molar-refractivity contribution in [1.82, 2.24) is 10.1 Å². The van der Waals surface area contributed by atoms with Crippen molar-refractivity contribution in [2.75, 3.05) is 7.11 Å². The standard InChI is InChI=1S/C5H7ClN2O2/c1-3(9-2)4-7-5(6)10-8-4/h3H,1-2H3. The Kier molecular flexibility index (Phi) is 2.24. The zero-order valence-electron chi connectivity index (χ0n) is 5.67. The lowest BCUT2D eigenvalue weighted by Crippen LogP contribution is -1.97. The van der Waals surface area contributed by atoms with E-state index in [0.717, 1.165) is 0 Å². The molecule has 0 fully saturated rings. The Hall–Kier alpha value is -0.610. The molecule has 5 heteroatoms. The van der Waals surface area contributed by atoms with Crippen LogP contribution in [0.5, 0.6) is 0 Å². The van der Waals surface area contributed by atoms with Crippen LogP contribution in [0.1, 0.15) is 18.9 Å². The highest BCUT2D eigenvalue weighted by Gasteiger charge is 2.10. The number of nitrogens with zero attached hydrogens (tertiary/aromatic N) is 2. The summed E-state index contributed by atoms with van der Waals surface area (Å²) in [6.07, 6.45) is -0.170. The van der Waals surface area contributed by atoms with E-state index in [1.165, 1.54) is 0 Å². The SMILES string of the molecule is COC(C)c1noc(Cl)n1. The van der Waals surface area contributed by atoms with E-state index in [0.29, 0.717) is 5.82 Å². The molecule has 4 nitrogen and oxygen atoms in total. The van der Waals surface area contributed by atoms with E-state index in [-0.39, 0.29) is 11.5 Å². The number of hydrogen-bond acceptors (Lipinski definition) is 4. The lowest BCUT2D eigenvalue weighted by molar-refractivity contribution is 0.109. The highest BCUT2D eigenvalue weighted by molar-refractivity contribution is 6.27. The van der Waals surface area contributed by atoms with Crippen LogP contribution in [0.2, 0.25) is 5.35 Å². The summed E-state index contributed by atoms with van der Waals surface area (Å²) in [6.45, 7) is 1.81. The van der Waals surface area contributed by atoms with Crippen molar-refractivity contribution < 1.29 is 9.26 Å². The van der Waals surface area contributed by atoms with E-state index in [1.54, 1.807) is 14.0 Å². The minimum atomic E-state index is -0.170. The number of hydrogen-bond donors (Lipinski definition) is 0. The van der Waals surface area contributed by atoms with Crippen LogP contribution in [-0.2, 0) is 4.74 Å². The second-order valence-corrected chi connectivity index (χ2v) is 2.11. The molecule has 0 amide bonds. The minimum Gasteiger partial charge on any atom is -0.374 e. The van der Waals surface area contributed by atoms with Gasteiger partial charge in [-0.25, -0.2) is 0 Å². The highest BCUT2D eigenvalue weighted by atomic mass is 35.5. The fourth-order valence-electron chi connectivity index (χ4n) is 0.486. The van der Waals surface area contributed by atoms with Crippen LogP contribution in [0.15, 0.2) is 4.52 Å². The monoisotopic (exact) mass is 162 g/mol. The van der Waals surface area contributed by atoms with Crippen molar-refractivity contribution in [1.29, 1.82) is 0 Å². The second kappa shape index (κ2) is 2.98. The quantitative estimate of drug-likeness (QED) is 0.660. The summed E-state index contributed by atoms with van der Waals surface area (Å²) in [6, 6.07) is 0. The maximum Gasteiger partial charge on any atom is 0.320 e. The van der Waals surface area contributed by atoms with Gasteiger partial charge in [0, 0.05) is 7.11 Å². The molecule has 0 aliphatic rings. The number of aromatic nitrogens is 2. The lowest BCUT2D eigenvalue weighted by atomic mass is 10.4. The summed E-state index contributed by atoms with van der Waals surface area (Å²) in [4.78, 5) is 3.74. The molecule has 1 unspecified atom stereocenters.